The Morgan fingerprint density at radius 3 is 2.75 bits per heavy atom. The molecule has 2 heterocycles. The maximum atomic E-state index is 5.82. The first-order valence-corrected chi connectivity index (χ1v) is 6.69. The normalized spacial score (nSPS) is 11.1. The first-order chi connectivity index (χ1) is 9.67. The number of aryl methyl sites for hydroxylation is 2. The monoisotopic (exact) mass is 267 g/mol. The Bertz CT molecular complexity index is 743. The van der Waals surface area contributed by atoms with Crippen molar-refractivity contribution in [1.82, 2.24) is 19.5 Å². The molecular formula is C15H17N5. The van der Waals surface area contributed by atoms with E-state index in [1.54, 1.807) is 6.20 Å². The Morgan fingerprint density at radius 2 is 2.05 bits per heavy atom. The summed E-state index contributed by atoms with van der Waals surface area (Å²) in [6, 6.07) is 5.82. The van der Waals surface area contributed by atoms with Gasteiger partial charge in [0.2, 0.25) is 0 Å². The quantitative estimate of drug-likeness (QED) is 0.739. The van der Waals surface area contributed by atoms with Gasteiger partial charge in [-0.15, -0.1) is 0 Å². The Hall–Kier alpha value is -2.43. The maximum absolute atomic E-state index is 5.82. The van der Waals surface area contributed by atoms with Crippen LogP contribution in [-0.2, 0) is 13.0 Å². The number of hydrogen-bond donors (Lipinski definition) is 1. The van der Waals surface area contributed by atoms with Crippen LogP contribution < -0.4 is 5.73 Å². The fourth-order valence-corrected chi connectivity index (χ4v) is 2.31. The van der Waals surface area contributed by atoms with Gasteiger partial charge in [-0.3, -0.25) is 9.97 Å². The highest BCUT2D eigenvalue weighted by Crippen LogP contribution is 2.20. The summed E-state index contributed by atoms with van der Waals surface area (Å²) in [5.74, 6) is 1.04. The van der Waals surface area contributed by atoms with Gasteiger partial charge in [0.25, 0.3) is 0 Å². The van der Waals surface area contributed by atoms with Crippen LogP contribution in [0.5, 0.6) is 0 Å². The van der Waals surface area contributed by atoms with Gasteiger partial charge in [0.15, 0.2) is 0 Å². The average molecular weight is 267 g/mol. The molecule has 5 nitrogen and oxygen atoms in total. The van der Waals surface area contributed by atoms with Crippen LogP contribution in [-0.4, -0.2) is 19.5 Å². The number of nitrogen functional groups attached to an aromatic ring is 1. The van der Waals surface area contributed by atoms with Crippen molar-refractivity contribution in [3.05, 3.63) is 47.8 Å². The molecule has 0 radical (unpaired) electrons. The van der Waals surface area contributed by atoms with E-state index < -0.39 is 0 Å². The molecule has 20 heavy (non-hydrogen) atoms. The zero-order valence-corrected chi connectivity index (χ0v) is 11.7. The number of fused-ring (bicyclic) bond motifs is 1. The topological polar surface area (TPSA) is 69.6 Å². The second-order valence-electron chi connectivity index (χ2n) is 4.86. The lowest BCUT2D eigenvalue weighted by Crippen LogP contribution is -2.06. The van der Waals surface area contributed by atoms with E-state index in [9.17, 15) is 0 Å². The third-order valence-corrected chi connectivity index (χ3v) is 3.32. The third-order valence-electron chi connectivity index (χ3n) is 3.32. The number of anilines is 1. The van der Waals surface area contributed by atoms with E-state index in [1.165, 1.54) is 0 Å². The van der Waals surface area contributed by atoms with Crippen molar-refractivity contribution >= 4 is 16.7 Å². The number of aromatic nitrogens is 4. The molecule has 0 spiro atoms. The molecule has 0 saturated heterocycles. The fourth-order valence-electron chi connectivity index (χ4n) is 2.31. The molecule has 0 atom stereocenters. The van der Waals surface area contributed by atoms with Crippen molar-refractivity contribution in [1.29, 1.82) is 0 Å². The van der Waals surface area contributed by atoms with Gasteiger partial charge < -0.3 is 10.3 Å². The maximum Gasteiger partial charge on any atom is 0.109 e. The smallest absolute Gasteiger partial charge is 0.109 e. The van der Waals surface area contributed by atoms with Crippen molar-refractivity contribution in [2.45, 2.75) is 26.8 Å². The van der Waals surface area contributed by atoms with Crippen molar-refractivity contribution in [3.8, 4) is 0 Å². The predicted molar refractivity (Wildman–Crippen MR) is 79.4 cm³/mol. The molecule has 102 valence electrons. The number of nitrogens with zero attached hydrogens (tertiary/aromatic N) is 4. The van der Waals surface area contributed by atoms with Crippen LogP contribution in [0.3, 0.4) is 0 Å². The van der Waals surface area contributed by atoms with Gasteiger partial charge in [-0.1, -0.05) is 6.92 Å². The zero-order valence-electron chi connectivity index (χ0n) is 11.7. The van der Waals surface area contributed by atoms with E-state index in [1.807, 2.05) is 31.3 Å². The minimum Gasteiger partial charge on any atom is -0.399 e. The van der Waals surface area contributed by atoms with Crippen LogP contribution in [0.1, 0.15) is 24.1 Å². The van der Waals surface area contributed by atoms with Crippen LogP contribution in [0.15, 0.2) is 30.6 Å². The van der Waals surface area contributed by atoms with Crippen molar-refractivity contribution < 1.29 is 0 Å². The highest BCUT2D eigenvalue weighted by Gasteiger charge is 2.10. The Morgan fingerprint density at radius 1 is 1.20 bits per heavy atom. The van der Waals surface area contributed by atoms with Crippen LogP contribution in [0.25, 0.3) is 11.0 Å². The minimum absolute atomic E-state index is 0.677. The minimum atomic E-state index is 0.677. The lowest BCUT2D eigenvalue weighted by molar-refractivity contribution is 0.731. The van der Waals surface area contributed by atoms with Gasteiger partial charge >= 0.3 is 0 Å². The summed E-state index contributed by atoms with van der Waals surface area (Å²) in [4.78, 5) is 13.4. The van der Waals surface area contributed by atoms with Crippen LogP contribution in [0.4, 0.5) is 5.69 Å². The summed E-state index contributed by atoms with van der Waals surface area (Å²) >= 11 is 0. The molecule has 0 fully saturated rings. The molecule has 1 aromatic carbocycles. The van der Waals surface area contributed by atoms with E-state index >= 15 is 0 Å². The largest absolute Gasteiger partial charge is 0.399 e. The van der Waals surface area contributed by atoms with E-state index in [4.69, 9.17) is 5.73 Å². The average Bonchev–Trinajstić information content (AvgIpc) is 2.78. The molecule has 3 aromatic rings. The van der Waals surface area contributed by atoms with Crippen molar-refractivity contribution in [2.24, 2.45) is 0 Å². The summed E-state index contributed by atoms with van der Waals surface area (Å²) in [6.45, 7) is 4.71. The van der Waals surface area contributed by atoms with Gasteiger partial charge in [-0.2, -0.15) is 0 Å². The van der Waals surface area contributed by atoms with Crippen molar-refractivity contribution in [2.75, 3.05) is 5.73 Å². The molecular weight excluding hydrogens is 250 g/mol. The second-order valence-corrected chi connectivity index (χ2v) is 4.86. The number of imidazole rings is 1. The van der Waals surface area contributed by atoms with E-state index in [-0.39, 0.29) is 0 Å². The number of nitrogens with two attached hydrogens (primary N) is 1. The third kappa shape index (κ3) is 2.22. The number of benzene rings is 1. The predicted octanol–water partition coefficient (Wildman–Crippen LogP) is 2.33. The highest BCUT2D eigenvalue weighted by atomic mass is 15.1. The number of hydrogen-bond acceptors (Lipinski definition) is 4. The Balaban J connectivity index is 2.07. The molecule has 2 N–H and O–H groups in total. The Labute approximate surface area is 117 Å². The lowest BCUT2D eigenvalue weighted by atomic mass is 10.3. The van der Waals surface area contributed by atoms with Crippen LogP contribution >= 0.6 is 0 Å². The molecule has 3 rings (SSSR count). The van der Waals surface area contributed by atoms with Gasteiger partial charge in [-0.05, 0) is 25.1 Å². The first kappa shape index (κ1) is 12.6. The van der Waals surface area contributed by atoms with Gasteiger partial charge in [0.05, 0.1) is 35.2 Å². The van der Waals surface area contributed by atoms with Gasteiger partial charge in [-0.25, -0.2) is 4.98 Å². The fraction of sp³-hybridized carbons (Fsp3) is 0.267. The summed E-state index contributed by atoms with van der Waals surface area (Å²) in [6.07, 6.45) is 4.48. The van der Waals surface area contributed by atoms with Gasteiger partial charge in [0.1, 0.15) is 5.82 Å². The highest BCUT2D eigenvalue weighted by molar-refractivity contribution is 5.79. The molecule has 5 heteroatoms. The van der Waals surface area contributed by atoms with Crippen LogP contribution in [0, 0.1) is 6.92 Å². The summed E-state index contributed by atoms with van der Waals surface area (Å²) < 4.78 is 2.17. The lowest BCUT2D eigenvalue weighted by Gasteiger charge is -2.07. The molecule has 0 saturated carbocycles. The molecule has 0 unspecified atom stereocenters. The van der Waals surface area contributed by atoms with E-state index in [0.717, 1.165) is 40.4 Å². The SMILES string of the molecule is CCc1nc2cc(N)ccc2n1Cc1cnc(C)cn1. The second kappa shape index (κ2) is 4.92. The zero-order chi connectivity index (χ0) is 14.1. The Kier molecular flexibility index (Phi) is 3.10. The first-order valence-electron chi connectivity index (χ1n) is 6.69. The molecule has 0 bridgehead atoms. The summed E-state index contributed by atoms with van der Waals surface area (Å²) in [5, 5.41) is 0. The van der Waals surface area contributed by atoms with E-state index in [0.29, 0.717) is 6.54 Å². The molecule has 2 aromatic heterocycles. The summed E-state index contributed by atoms with van der Waals surface area (Å²) in [7, 11) is 0. The van der Waals surface area contributed by atoms with Crippen LogP contribution in [0.2, 0.25) is 0 Å². The molecule has 0 amide bonds. The standard InChI is InChI=1S/C15H17N5/c1-3-15-19-13-6-11(16)4-5-14(13)20(15)9-12-8-17-10(2)7-18-12/h4-8H,3,9,16H2,1-2H3. The molecule has 0 aliphatic heterocycles. The molecule has 0 aliphatic carbocycles. The van der Waals surface area contributed by atoms with E-state index in [2.05, 4.69) is 26.4 Å². The molecule has 0 aliphatic rings. The summed E-state index contributed by atoms with van der Waals surface area (Å²) in [5.41, 5.74) is 10.4. The number of rotatable bonds is 3. The van der Waals surface area contributed by atoms with Crippen molar-refractivity contribution in [3.63, 3.8) is 0 Å². The van der Waals surface area contributed by atoms with Gasteiger partial charge in [0, 0.05) is 18.3 Å².